The van der Waals surface area contributed by atoms with Crippen molar-refractivity contribution in [1.82, 2.24) is 0 Å². The van der Waals surface area contributed by atoms with Crippen LogP contribution >= 0.6 is 15.9 Å². The molecule has 4 heteroatoms. The van der Waals surface area contributed by atoms with E-state index in [1.165, 1.54) is 0 Å². The van der Waals surface area contributed by atoms with Crippen molar-refractivity contribution in [1.29, 1.82) is 0 Å². The number of carbonyl (C=O) groups is 1. The van der Waals surface area contributed by atoms with Gasteiger partial charge in [-0.2, -0.15) is 0 Å². The number of hydrogen-bond donors (Lipinski definition) is 1. The molecule has 0 atom stereocenters. The van der Waals surface area contributed by atoms with Gasteiger partial charge in [0, 0.05) is 17.2 Å². The first-order valence-corrected chi connectivity index (χ1v) is 6.53. The molecule has 1 saturated carbocycles. The third-order valence-corrected chi connectivity index (χ3v) is 4.06. The Hall–Kier alpha value is -0.870. The highest BCUT2D eigenvalue weighted by Gasteiger charge is 2.45. The number of hydrogen-bond acceptors (Lipinski definition) is 2. The lowest BCUT2D eigenvalue weighted by Crippen LogP contribution is -2.49. The lowest BCUT2D eigenvalue weighted by molar-refractivity contribution is -0.136. The second kappa shape index (κ2) is 4.78. The van der Waals surface area contributed by atoms with Crippen LogP contribution < -0.4 is 4.90 Å². The smallest absolute Gasteiger partial charge is 0.235 e. The summed E-state index contributed by atoms with van der Waals surface area (Å²) in [6.45, 7) is -0.0514. The molecule has 1 amide bonds. The first-order chi connectivity index (χ1) is 8.09. The van der Waals surface area contributed by atoms with Gasteiger partial charge in [-0.05, 0) is 31.0 Å². The van der Waals surface area contributed by atoms with E-state index < -0.39 is 5.41 Å². The second-order valence-corrected chi connectivity index (χ2v) is 5.55. The predicted octanol–water partition coefficient (Wildman–Crippen LogP) is 2.57. The predicted molar refractivity (Wildman–Crippen MR) is 70.9 cm³/mol. The van der Waals surface area contributed by atoms with Gasteiger partial charge < -0.3 is 10.0 Å². The van der Waals surface area contributed by atoms with E-state index in [4.69, 9.17) is 0 Å². The van der Waals surface area contributed by atoms with Crippen LogP contribution in [0.15, 0.2) is 28.7 Å². The molecule has 1 fully saturated rings. The van der Waals surface area contributed by atoms with Crippen LogP contribution in [0.5, 0.6) is 0 Å². The molecule has 1 aliphatic carbocycles. The molecule has 17 heavy (non-hydrogen) atoms. The third-order valence-electron chi connectivity index (χ3n) is 3.57. The standard InChI is InChI=1S/C13H16BrNO2/c1-15(11-5-2-4-10(14)8-11)12(17)13(9-16)6-3-7-13/h2,4-5,8,16H,3,6-7,9H2,1H3. The van der Waals surface area contributed by atoms with Crippen molar-refractivity contribution >= 4 is 27.5 Å². The molecule has 0 aliphatic heterocycles. The van der Waals surface area contributed by atoms with Crippen molar-refractivity contribution in [2.45, 2.75) is 19.3 Å². The molecule has 92 valence electrons. The molecular weight excluding hydrogens is 282 g/mol. The fourth-order valence-electron chi connectivity index (χ4n) is 2.20. The van der Waals surface area contributed by atoms with Crippen LogP contribution in [0.4, 0.5) is 5.69 Å². The zero-order chi connectivity index (χ0) is 12.5. The van der Waals surface area contributed by atoms with E-state index in [9.17, 15) is 9.90 Å². The van der Waals surface area contributed by atoms with Crippen LogP contribution in [0.25, 0.3) is 0 Å². The van der Waals surface area contributed by atoms with Gasteiger partial charge in [-0.1, -0.05) is 28.4 Å². The van der Waals surface area contributed by atoms with Crippen LogP contribution in [-0.2, 0) is 4.79 Å². The van der Waals surface area contributed by atoms with E-state index in [2.05, 4.69) is 15.9 Å². The number of rotatable bonds is 3. The van der Waals surface area contributed by atoms with Gasteiger partial charge in [-0.25, -0.2) is 0 Å². The maximum atomic E-state index is 12.3. The number of benzene rings is 1. The van der Waals surface area contributed by atoms with Gasteiger partial charge in [0.25, 0.3) is 0 Å². The molecule has 1 aliphatic rings. The Balaban J connectivity index is 2.20. The van der Waals surface area contributed by atoms with Gasteiger partial charge in [0.2, 0.25) is 5.91 Å². The third kappa shape index (κ3) is 2.24. The number of halogens is 1. The highest BCUT2D eigenvalue weighted by atomic mass is 79.9. The van der Waals surface area contributed by atoms with E-state index in [-0.39, 0.29) is 12.5 Å². The molecule has 0 spiro atoms. The maximum Gasteiger partial charge on any atom is 0.235 e. The summed E-state index contributed by atoms with van der Waals surface area (Å²) in [6, 6.07) is 7.62. The summed E-state index contributed by atoms with van der Waals surface area (Å²) in [5, 5.41) is 9.40. The minimum atomic E-state index is -0.531. The van der Waals surface area contributed by atoms with Gasteiger partial charge in [-0.3, -0.25) is 4.79 Å². The molecule has 1 N–H and O–H groups in total. The Morgan fingerprint density at radius 3 is 2.71 bits per heavy atom. The lowest BCUT2D eigenvalue weighted by Gasteiger charge is -2.41. The van der Waals surface area contributed by atoms with Crippen molar-refractivity contribution in [3.8, 4) is 0 Å². The molecule has 0 heterocycles. The molecule has 0 aromatic heterocycles. The average Bonchev–Trinajstić information content (AvgIpc) is 2.27. The maximum absolute atomic E-state index is 12.3. The molecule has 0 saturated heterocycles. The van der Waals surface area contributed by atoms with Gasteiger partial charge in [0.05, 0.1) is 12.0 Å². The van der Waals surface area contributed by atoms with E-state index >= 15 is 0 Å². The zero-order valence-electron chi connectivity index (χ0n) is 9.82. The van der Waals surface area contributed by atoms with Crippen LogP contribution in [0, 0.1) is 5.41 Å². The summed E-state index contributed by atoms with van der Waals surface area (Å²) in [5.41, 5.74) is 0.320. The minimum absolute atomic E-state index is 0.0179. The Morgan fingerprint density at radius 1 is 1.53 bits per heavy atom. The quantitative estimate of drug-likeness (QED) is 0.931. The first-order valence-electron chi connectivity index (χ1n) is 5.74. The number of aliphatic hydroxyl groups is 1. The van der Waals surface area contributed by atoms with Crippen LogP contribution in [-0.4, -0.2) is 24.7 Å². The summed E-state index contributed by atoms with van der Waals surface area (Å²) in [7, 11) is 1.76. The average molecular weight is 298 g/mol. The van der Waals surface area contributed by atoms with Gasteiger partial charge in [0.15, 0.2) is 0 Å². The van der Waals surface area contributed by atoms with E-state index in [1.54, 1.807) is 11.9 Å². The second-order valence-electron chi connectivity index (χ2n) is 4.64. The SMILES string of the molecule is CN(C(=O)C1(CO)CCC1)c1cccc(Br)c1. The number of aliphatic hydroxyl groups excluding tert-OH is 1. The van der Waals surface area contributed by atoms with Crippen LogP contribution in [0.3, 0.4) is 0 Å². The summed E-state index contributed by atoms with van der Waals surface area (Å²) in [4.78, 5) is 14.0. The number of carbonyl (C=O) groups excluding carboxylic acids is 1. The normalized spacial score (nSPS) is 17.4. The summed E-state index contributed by atoms with van der Waals surface area (Å²) >= 11 is 3.39. The van der Waals surface area contributed by atoms with Crippen molar-refractivity contribution in [2.75, 3.05) is 18.6 Å². The van der Waals surface area contributed by atoms with Crippen molar-refractivity contribution < 1.29 is 9.90 Å². The van der Waals surface area contributed by atoms with Gasteiger partial charge in [0.1, 0.15) is 0 Å². The van der Waals surface area contributed by atoms with E-state index in [0.717, 1.165) is 29.4 Å². The Bertz CT molecular complexity index is 424. The molecule has 3 nitrogen and oxygen atoms in total. The molecule has 2 rings (SSSR count). The fraction of sp³-hybridized carbons (Fsp3) is 0.462. The van der Waals surface area contributed by atoms with E-state index in [1.807, 2.05) is 24.3 Å². The topological polar surface area (TPSA) is 40.5 Å². The molecule has 0 radical (unpaired) electrons. The number of anilines is 1. The highest BCUT2D eigenvalue weighted by Crippen LogP contribution is 2.42. The Morgan fingerprint density at radius 2 is 2.24 bits per heavy atom. The molecular formula is C13H16BrNO2. The van der Waals surface area contributed by atoms with Crippen LogP contribution in [0.2, 0.25) is 0 Å². The first kappa shape index (κ1) is 12.6. The van der Waals surface area contributed by atoms with Crippen LogP contribution in [0.1, 0.15) is 19.3 Å². The zero-order valence-corrected chi connectivity index (χ0v) is 11.4. The monoisotopic (exact) mass is 297 g/mol. The van der Waals surface area contributed by atoms with E-state index in [0.29, 0.717) is 0 Å². The molecule has 1 aromatic rings. The van der Waals surface area contributed by atoms with Crippen molar-refractivity contribution in [3.63, 3.8) is 0 Å². The summed E-state index contributed by atoms with van der Waals surface area (Å²) < 4.78 is 0.946. The highest BCUT2D eigenvalue weighted by molar-refractivity contribution is 9.10. The summed E-state index contributed by atoms with van der Waals surface area (Å²) in [6.07, 6.45) is 2.61. The van der Waals surface area contributed by atoms with Crippen molar-refractivity contribution in [2.24, 2.45) is 5.41 Å². The number of amides is 1. The Labute approximate surface area is 110 Å². The fourth-order valence-corrected chi connectivity index (χ4v) is 2.59. The Kier molecular flexibility index (Phi) is 3.54. The lowest BCUT2D eigenvalue weighted by atomic mass is 9.68. The summed E-state index contributed by atoms with van der Waals surface area (Å²) in [5.74, 6) is 0.0179. The number of nitrogens with zero attached hydrogens (tertiary/aromatic N) is 1. The minimum Gasteiger partial charge on any atom is -0.395 e. The molecule has 0 unspecified atom stereocenters. The van der Waals surface area contributed by atoms with Gasteiger partial charge >= 0.3 is 0 Å². The molecule has 0 bridgehead atoms. The molecule has 1 aromatic carbocycles. The largest absolute Gasteiger partial charge is 0.395 e. The van der Waals surface area contributed by atoms with Crippen molar-refractivity contribution in [3.05, 3.63) is 28.7 Å². The van der Waals surface area contributed by atoms with Gasteiger partial charge in [-0.15, -0.1) is 0 Å².